The molecular weight excluding hydrogens is 346 g/mol. The van der Waals surface area contributed by atoms with Gasteiger partial charge in [0, 0.05) is 31.3 Å². The second-order valence-electron chi connectivity index (χ2n) is 7.91. The maximum atomic E-state index is 11.6. The number of rotatable bonds is 12. The lowest BCUT2D eigenvalue weighted by atomic mass is 9.87. The molecule has 0 amide bonds. The van der Waals surface area contributed by atoms with E-state index in [2.05, 4.69) is 14.9 Å². The first-order valence-electron chi connectivity index (χ1n) is 10.1. The van der Waals surface area contributed by atoms with Crippen LogP contribution in [-0.2, 0) is 22.6 Å². The summed E-state index contributed by atoms with van der Waals surface area (Å²) < 4.78 is 2.08. The first kappa shape index (κ1) is 21.4. The molecule has 0 radical (unpaired) electrons. The molecule has 152 valence electrons. The van der Waals surface area contributed by atoms with Crippen LogP contribution in [0.4, 0.5) is 0 Å². The lowest BCUT2D eigenvalue weighted by Crippen LogP contribution is -2.41. The van der Waals surface area contributed by atoms with Crippen molar-refractivity contribution < 1.29 is 19.8 Å². The summed E-state index contributed by atoms with van der Waals surface area (Å²) in [5.74, 6) is -0.824. The third-order valence-electron chi connectivity index (χ3n) is 5.58. The zero-order chi connectivity index (χ0) is 19.6. The molecule has 1 aromatic heterocycles. The van der Waals surface area contributed by atoms with E-state index in [1.807, 2.05) is 6.92 Å². The van der Waals surface area contributed by atoms with Crippen LogP contribution < -0.4 is 5.32 Å². The van der Waals surface area contributed by atoms with Gasteiger partial charge in [-0.1, -0.05) is 39.0 Å². The van der Waals surface area contributed by atoms with Gasteiger partial charge >= 0.3 is 11.9 Å². The first-order chi connectivity index (χ1) is 13.0. The van der Waals surface area contributed by atoms with E-state index in [0.29, 0.717) is 19.4 Å². The number of nitrogens with one attached hydrogen (secondary N) is 1. The fourth-order valence-corrected chi connectivity index (χ4v) is 3.79. The summed E-state index contributed by atoms with van der Waals surface area (Å²) >= 11 is 0. The second-order valence-corrected chi connectivity index (χ2v) is 7.91. The molecule has 1 aliphatic rings. The normalized spacial score (nSPS) is 17.5. The topological polar surface area (TPSA) is 104 Å². The highest BCUT2D eigenvalue weighted by Crippen LogP contribution is 2.26. The number of carbonyl (C=O) groups is 2. The van der Waals surface area contributed by atoms with Gasteiger partial charge in [0.15, 0.2) is 0 Å². The molecule has 1 saturated carbocycles. The number of hydrogen-bond acceptors (Lipinski definition) is 4. The summed E-state index contributed by atoms with van der Waals surface area (Å²) in [6.07, 6.45) is 12.3. The number of aryl methyl sites for hydroxylation is 1. The molecule has 0 spiro atoms. The van der Waals surface area contributed by atoms with Crippen molar-refractivity contribution in [3.8, 4) is 0 Å². The van der Waals surface area contributed by atoms with E-state index < -0.39 is 18.0 Å². The zero-order valence-electron chi connectivity index (χ0n) is 16.3. The molecule has 2 unspecified atom stereocenters. The standard InChI is InChI=1S/C20H33N3O4/c1-15(7-8-19(24)25)12-22-18(20(26)27)11-17-13-21-14-23(17)10-9-16-5-3-2-4-6-16/h13-16,18,22H,2-12H2,1H3,(H,24,25)(H,26,27). The zero-order valence-corrected chi connectivity index (χ0v) is 16.3. The van der Waals surface area contributed by atoms with Crippen LogP contribution in [0.15, 0.2) is 12.5 Å². The van der Waals surface area contributed by atoms with Crippen molar-refractivity contribution in [2.45, 2.75) is 77.3 Å². The van der Waals surface area contributed by atoms with Crippen LogP contribution in [-0.4, -0.2) is 44.3 Å². The van der Waals surface area contributed by atoms with E-state index in [-0.39, 0.29) is 12.3 Å². The van der Waals surface area contributed by atoms with Crippen LogP contribution in [0.3, 0.4) is 0 Å². The minimum absolute atomic E-state index is 0.106. The van der Waals surface area contributed by atoms with E-state index in [0.717, 1.165) is 24.6 Å². The number of nitrogens with zero attached hydrogens (tertiary/aromatic N) is 2. The number of aromatic nitrogens is 2. The predicted octanol–water partition coefficient (Wildman–Crippen LogP) is 2.94. The molecule has 3 N–H and O–H groups in total. The van der Waals surface area contributed by atoms with E-state index in [4.69, 9.17) is 5.11 Å². The maximum Gasteiger partial charge on any atom is 0.321 e. The predicted molar refractivity (Wildman–Crippen MR) is 103 cm³/mol. The van der Waals surface area contributed by atoms with Crippen LogP contribution in [0.25, 0.3) is 0 Å². The largest absolute Gasteiger partial charge is 0.481 e. The minimum atomic E-state index is -0.888. The first-order valence-corrected chi connectivity index (χ1v) is 10.1. The summed E-state index contributed by atoms with van der Waals surface area (Å²) in [6.45, 7) is 3.31. The molecule has 0 saturated heterocycles. The summed E-state index contributed by atoms with van der Waals surface area (Å²) in [5, 5.41) is 21.4. The number of hydrogen-bond donors (Lipinski definition) is 3. The van der Waals surface area contributed by atoms with Crippen molar-refractivity contribution in [1.82, 2.24) is 14.9 Å². The summed E-state index contributed by atoms with van der Waals surface area (Å²) in [4.78, 5) is 26.5. The minimum Gasteiger partial charge on any atom is -0.481 e. The Morgan fingerprint density at radius 2 is 2.04 bits per heavy atom. The average molecular weight is 380 g/mol. The molecule has 0 aliphatic heterocycles. The van der Waals surface area contributed by atoms with E-state index >= 15 is 0 Å². The van der Waals surface area contributed by atoms with Gasteiger partial charge in [-0.15, -0.1) is 0 Å². The molecule has 1 heterocycles. The Hall–Kier alpha value is -1.89. The molecule has 27 heavy (non-hydrogen) atoms. The molecular formula is C20H33N3O4. The average Bonchev–Trinajstić information content (AvgIpc) is 3.09. The van der Waals surface area contributed by atoms with Crippen molar-refractivity contribution in [2.75, 3.05) is 6.54 Å². The van der Waals surface area contributed by atoms with Crippen LogP contribution in [0, 0.1) is 11.8 Å². The van der Waals surface area contributed by atoms with Gasteiger partial charge in [-0.3, -0.25) is 9.59 Å². The fourth-order valence-electron chi connectivity index (χ4n) is 3.79. The number of carboxylic acid groups (broad SMARTS) is 2. The Balaban J connectivity index is 1.83. The summed E-state index contributed by atoms with van der Waals surface area (Å²) in [5.41, 5.74) is 0.934. The highest BCUT2D eigenvalue weighted by Gasteiger charge is 2.21. The number of aliphatic carboxylic acids is 2. The Labute approximate surface area is 161 Å². The Morgan fingerprint density at radius 1 is 1.30 bits per heavy atom. The molecule has 7 heteroatoms. The molecule has 2 rings (SSSR count). The highest BCUT2D eigenvalue weighted by atomic mass is 16.4. The van der Waals surface area contributed by atoms with Gasteiger partial charge in [0.25, 0.3) is 0 Å². The monoisotopic (exact) mass is 379 g/mol. The smallest absolute Gasteiger partial charge is 0.321 e. The third kappa shape index (κ3) is 7.71. The van der Waals surface area contributed by atoms with Gasteiger partial charge < -0.3 is 20.1 Å². The van der Waals surface area contributed by atoms with E-state index in [9.17, 15) is 14.7 Å². The number of carboxylic acids is 2. The molecule has 2 atom stereocenters. The SMILES string of the molecule is CC(CCC(=O)O)CNC(Cc1cncn1CCC1CCCCC1)C(=O)O. The molecule has 0 aromatic carbocycles. The maximum absolute atomic E-state index is 11.6. The quantitative estimate of drug-likeness (QED) is 0.516. The lowest BCUT2D eigenvalue weighted by molar-refractivity contribution is -0.140. The van der Waals surface area contributed by atoms with E-state index in [1.54, 1.807) is 12.5 Å². The van der Waals surface area contributed by atoms with Gasteiger partial charge in [0.2, 0.25) is 0 Å². The lowest BCUT2D eigenvalue weighted by Gasteiger charge is -2.22. The van der Waals surface area contributed by atoms with Crippen molar-refractivity contribution in [3.05, 3.63) is 18.2 Å². The van der Waals surface area contributed by atoms with Gasteiger partial charge in [0.1, 0.15) is 6.04 Å². The Bertz CT molecular complexity index is 596. The molecule has 1 aliphatic carbocycles. The number of imidazole rings is 1. The van der Waals surface area contributed by atoms with Crippen molar-refractivity contribution in [3.63, 3.8) is 0 Å². The Morgan fingerprint density at radius 3 is 2.70 bits per heavy atom. The van der Waals surface area contributed by atoms with Crippen molar-refractivity contribution in [1.29, 1.82) is 0 Å². The fraction of sp³-hybridized carbons (Fsp3) is 0.750. The Kier molecular flexibility index (Phi) is 8.78. The molecule has 1 fully saturated rings. The van der Waals surface area contributed by atoms with Crippen LogP contribution in [0.2, 0.25) is 0 Å². The molecule has 1 aromatic rings. The molecule has 0 bridgehead atoms. The summed E-state index contributed by atoms with van der Waals surface area (Å²) in [7, 11) is 0. The van der Waals surface area contributed by atoms with Crippen LogP contribution >= 0.6 is 0 Å². The van der Waals surface area contributed by atoms with Crippen LogP contribution in [0.5, 0.6) is 0 Å². The van der Waals surface area contributed by atoms with Gasteiger partial charge in [-0.05, 0) is 31.2 Å². The molecule has 7 nitrogen and oxygen atoms in total. The van der Waals surface area contributed by atoms with Gasteiger partial charge in [-0.25, -0.2) is 4.98 Å². The highest BCUT2D eigenvalue weighted by molar-refractivity contribution is 5.73. The van der Waals surface area contributed by atoms with E-state index in [1.165, 1.54) is 32.1 Å². The van der Waals surface area contributed by atoms with Crippen molar-refractivity contribution >= 4 is 11.9 Å². The van der Waals surface area contributed by atoms with Crippen molar-refractivity contribution in [2.24, 2.45) is 11.8 Å². The third-order valence-corrected chi connectivity index (χ3v) is 5.58. The van der Waals surface area contributed by atoms with Gasteiger partial charge in [0.05, 0.1) is 6.33 Å². The van der Waals surface area contributed by atoms with Crippen LogP contribution in [0.1, 0.15) is 64.0 Å². The second kappa shape index (κ2) is 11.1. The van der Waals surface area contributed by atoms with Gasteiger partial charge in [-0.2, -0.15) is 0 Å². The summed E-state index contributed by atoms with van der Waals surface area (Å²) in [6, 6.07) is -0.692.